The van der Waals surface area contributed by atoms with Crippen LogP contribution in [0.2, 0.25) is 0 Å². The number of rotatable bonds is 2. The minimum atomic E-state index is -0.352. The highest BCUT2D eigenvalue weighted by Gasteiger charge is 2.23. The van der Waals surface area contributed by atoms with Crippen LogP contribution >= 0.6 is 0 Å². The van der Waals surface area contributed by atoms with Crippen LogP contribution in [0, 0.1) is 0 Å². The first-order valence-electron chi connectivity index (χ1n) is 4.92. The van der Waals surface area contributed by atoms with Gasteiger partial charge in [0.1, 0.15) is 6.29 Å². The Labute approximate surface area is 88.1 Å². The molecule has 0 heterocycles. The fourth-order valence-electron chi connectivity index (χ4n) is 2.02. The Kier molecular flexibility index (Phi) is 2.54. The number of methoxy groups -OCH3 is 1. The molecule has 1 aromatic rings. The third-order valence-corrected chi connectivity index (χ3v) is 2.86. The first kappa shape index (κ1) is 9.90. The molecule has 0 bridgehead atoms. The van der Waals surface area contributed by atoms with Crippen LogP contribution in [0.1, 0.15) is 33.8 Å². The lowest BCUT2D eigenvalue weighted by Crippen LogP contribution is -2.03. The zero-order chi connectivity index (χ0) is 10.8. The van der Waals surface area contributed by atoms with E-state index in [4.69, 9.17) is 0 Å². The van der Waals surface area contributed by atoms with E-state index in [1.807, 2.05) is 6.07 Å². The lowest BCUT2D eigenvalue weighted by molar-refractivity contribution is -0.109. The number of carbonyl (C=O) groups excluding carboxylic acids is 2. The lowest BCUT2D eigenvalue weighted by atomic mass is 10.0. The fourth-order valence-corrected chi connectivity index (χ4v) is 2.02. The van der Waals surface area contributed by atoms with E-state index >= 15 is 0 Å². The van der Waals surface area contributed by atoms with Crippen molar-refractivity contribution < 1.29 is 14.3 Å². The average molecular weight is 204 g/mol. The second-order valence-corrected chi connectivity index (χ2v) is 3.69. The van der Waals surface area contributed by atoms with Crippen molar-refractivity contribution in [3.8, 4) is 0 Å². The number of hydrogen-bond acceptors (Lipinski definition) is 3. The number of fused-ring (bicyclic) bond motifs is 1. The number of hydrogen-bond donors (Lipinski definition) is 0. The number of carbonyl (C=O) groups is 2. The number of aldehydes is 1. The van der Waals surface area contributed by atoms with E-state index in [9.17, 15) is 9.59 Å². The molecular formula is C12H12O3. The molecule has 78 valence electrons. The third kappa shape index (κ3) is 1.65. The summed E-state index contributed by atoms with van der Waals surface area (Å²) in [4.78, 5) is 22.1. The summed E-state index contributed by atoms with van der Waals surface area (Å²) in [6.07, 6.45) is 2.72. The minimum absolute atomic E-state index is 0.0513. The van der Waals surface area contributed by atoms with Gasteiger partial charge in [0, 0.05) is 5.92 Å². The van der Waals surface area contributed by atoms with Gasteiger partial charge in [-0.2, -0.15) is 0 Å². The van der Waals surface area contributed by atoms with Gasteiger partial charge in [0.05, 0.1) is 12.7 Å². The Morgan fingerprint density at radius 1 is 1.53 bits per heavy atom. The molecule has 0 N–H and O–H groups in total. The van der Waals surface area contributed by atoms with E-state index in [0.717, 1.165) is 24.7 Å². The van der Waals surface area contributed by atoms with Crippen molar-refractivity contribution in [3.63, 3.8) is 0 Å². The maximum atomic E-state index is 11.3. The van der Waals surface area contributed by atoms with Gasteiger partial charge >= 0.3 is 5.97 Å². The normalized spacial score (nSPS) is 18.3. The molecule has 2 rings (SSSR count). The fraction of sp³-hybridized carbons (Fsp3) is 0.333. The van der Waals surface area contributed by atoms with E-state index in [-0.39, 0.29) is 11.9 Å². The predicted octanol–water partition coefficient (Wildman–Crippen LogP) is 1.70. The van der Waals surface area contributed by atoms with Crippen molar-refractivity contribution in [2.75, 3.05) is 7.11 Å². The van der Waals surface area contributed by atoms with Crippen LogP contribution in [0.5, 0.6) is 0 Å². The van der Waals surface area contributed by atoms with E-state index in [2.05, 4.69) is 4.74 Å². The Hall–Kier alpha value is -1.64. The van der Waals surface area contributed by atoms with Crippen LogP contribution in [0.3, 0.4) is 0 Å². The van der Waals surface area contributed by atoms with E-state index in [1.54, 1.807) is 12.1 Å². The number of aryl methyl sites for hydroxylation is 1. The molecule has 1 atom stereocenters. The van der Waals surface area contributed by atoms with Crippen LogP contribution in [0.15, 0.2) is 18.2 Å². The molecule has 0 radical (unpaired) electrons. The Morgan fingerprint density at radius 3 is 3.00 bits per heavy atom. The molecule has 3 heteroatoms. The van der Waals surface area contributed by atoms with Gasteiger partial charge in [-0.25, -0.2) is 4.79 Å². The molecule has 15 heavy (non-hydrogen) atoms. The second-order valence-electron chi connectivity index (χ2n) is 3.69. The second kappa shape index (κ2) is 3.85. The molecule has 0 aliphatic heterocycles. The van der Waals surface area contributed by atoms with E-state index in [0.29, 0.717) is 5.56 Å². The van der Waals surface area contributed by atoms with E-state index < -0.39 is 0 Å². The van der Waals surface area contributed by atoms with Crippen LogP contribution in [0.4, 0.5) is 0 Å². The maximum absolute atomic E-state index is 11.3. The largest absolute Gasteiger partial charge is 0.465 e. The Morgan fingerprint density at radius 2 is 2.33 bits per heavy atom. The first-order chi connectivity index (χ1) is 7.26. The van der Waals surface area contributed by atoms with E-state index in [1.165, 1.54) is 12.7 Å². The van der Waals surface area contributed by atoms with Gasteiger partial charge in [0.25, 0.3) is 0 Å². The van der Waals surface area contributed by atoms with Gasteiger partial charge in [0.2, 0.25) is 0 Å². The molecule has 0 saturated carbocycles. The van der Waals surface area contributed by atoms with Crippen LogP contribution < -0.4 is 0 Å². The predicted molar refractivity (Wildman–Crippen MR) is 54.9 cm³/mol. The Bertz CT molecular complexity index is 409. The number of ether oxygens (including phenoxy) is 1. The quantitative estimate of drug-likeness (QED) is 0.544. The zero-order valence-corrected chi connectivity index (χ0v) is 8.53. The minimum Gasteiger partial charge on any atom is -0.465 e. The summed E-state index contributed by atoms with van der Waals surface area (Å²) in [5, 5.41) is 0. The van der Waals surface area contributed by atoms with Gasteiger partial charge in [0.15, 0.2) is 0 Å². The highest BCUT2D eigenvalue weighted by atomic mass is 16.5. The van der Waals surface area contributed by atoms with Gasteiger partial charge in [-0.3, -0.25) is 0 Å². The van der Waals surface area contributed by atoms with Crippen molar-refractivity contribution in [1.29, 1.82) is 0 Å². The number of esters is 1. The molecule has 0 amide bonds. The summed E-state index contributed by atoms with van der Waals surface area (Å²) in [5.74, 6) is -0.404. The summed E-state index contributed by atoms with van der Waals surface area (Å²) in [6.45, 7) is 0. The van der Waals surface area contributed by atoms with Crippen LogP contribution in [-0.4, -0.2) is 19.4 Å². The molecule has 1 unspecified atom stereocenters. The molecule has 1 aromatic carbocycles. The number of benzene rings is 1. The summed E-state index contributed by atoms with van der Waals surface area (Å²) in [6, 6.07) is 5.43. The molecular weight excluding hydrogens is 192 g/mol. The van der Waals surface area contributed by atoms with Crippen molar-refractivity contribution >= 4 is 12.3 Å². The topological polar surface area (TPSA) is 43.4 Å². The van der Waals surface area contributed by atoms with Crippen molar-refractivity contribution in [2.45, 2.75) is 18.8 Å². The standard InChI is InChI=1S/C12H12O3/c1-15-12(14)9-4-2-8-3-5-10(7-13)11(8)6-9/h2,4,6-7,10H,3,5H2,1H3. The highest BCUT2D eigenvalue weighted by molar-refractivity contribution is 5.90. The first-order valence-corrected chi connectivity index (χ1v) is 4.92. The summed E-state index contributed by atoms with van der Waals surface area (Å²) >= 11 is 0. The molecule has 1 aliphatic rings. The molecule has 1 aliphatic carbocycles. The lowest BCUT2D eigenvalue weighted by Gasteiger charge is -2.05. The maximum Gasteiger partial charge on any atom is 0.337 e. The van der Waals surface area contributed by atoms with Gasteiger partial charge in [-0.05, 0) is 36.1 Å². The molecule has 0 saturated heterocycles. The highest BCUT2D eigenvalue weighted by Crippen LogP contribution is 2.32. The van der Waals surface area contributed by atoms with Crippen molar-refractivity contribution in [3.05, 3.63) is 34.9 Å². The Balaban J connectivity index is 2.40. The molecule has 3 nitrogen and oxygen atoms in total. The SMILES string of the molecule is COC(=O)c1ccc2c(c1)C(C=O)CC2. The molecule has 0 fully saturated rings. The third-order valence-electron chi connectivity index (χ3n) is 2.86. The van der Waals surface area contributed by atoms with Gasteiger partial charge < -0.3 is 9.53 Å². The molecule has 0 spiro atoms. The monoisotopic (exact) mass is 204 g/mol. The average Bonchev–Trinajstić information content (AvgIpc) is 2.69. The van der Waals surface area contributed by atoms with Crippen molar-refractivity contribution in [1.82, 2.24) is 0 Å². The zero-order valence-electron chi connectivity index (χ0n) is 8.53. The van der Waals surface area contributed by atoms with Crippen LogP contribution in [0.25, 0.3) is 0 Å². The van der Waals surface area contributed by atoms with Gasteiger partial charge in [-0.15, -0.1) is 0 Å². The summed E-state index contributed by atoms with van der Waals surface area (Å²) in [5.41, 5.74) is 2.66. The van der Waals surface area contributed by atoms with Gasteiger partial charge in [-0.1, -0.05) is 6.07 Å². The smallest absolute Gasteiger partial charge is 0.337 e. The summed E-state index contributed by atoms with van der Waals surface area (Å²) < 4.78 is 4.64. The van der Waals surface area contributed by atoms with Crippen molar-refractivity contribution in [2.24, 2.45) is 0 Å². The van der Waals surface area contributed by atoms with Crippen LogP contribution in [-0.2, 0) is 16.0 Å². The summed E-state index contributed by atoms with van der Waals surface area (Å²) in [7, 11) is 1.35. The molecule has 0 aromatic heterocycles.